The first-order valence-corrected chi connectivity index (χ1v) is 7.26. The minimum Gasteiger partial charge on any atom is -0.387 e. The average molecular weight is 269 g/mol. The highest BCUT2D eigenvalue weighted by Crippen LogP contribution is 2.25. The average Bonchev–Trinajstić information content (AvgIpc) is 2.88. The number of aliphatic hydroxyl groups is 1. The maximum absolute atomic E-state index is 10.2. The van der Waals surface area contributed by atoms with Gasteiger partial charge in [0.25, 0.3) is 0 Å². The molecule has 6 heteroatoms. The van der Waals surface area contributed by atoms with Gasteiger partial charge >= 0.3 is 0 Å². The minimum absolute atomic E-state index is 0.526. The van der Waals surface area contributed by atoms with Crippen molar-refractivity contribution in [3.8, 4) is 0 Å². The Hall–Kier alpha value is -0.850. The molecule has 0 amide bonds. The standard InChI is InChI=1S/C11H15N3OS2/c1-3-4-8-11(17-14-13-8)9(15)5-10-12-7(2)6-16-10/h6,9,15H,3-5H2,1-2H3. The summed E-state index contributed by atoms with van der Waals surface area (Å²) in [5.74, 6) is 0. The van der Waals surface area contributed by atoms with Crippen molar-refractivity contribution in [1.29, 1.82) is 0 Å². The van der Waals surface area contributed by atoms with E-state index in [-0.39, 0.29) is 0 Å². The summed E-state index contributed by atoms with van der Waals surface area (Å²) >= 11 is 2.88. The van der Waals surface area contributed by atoms with Crippen LogP contribution in [0.3, 0.4) is 0 Å². The summed E-state index contributed by atoms with van der Waals surface area (Å²) in [6, 6.07) is 0. The fourth-order valence-electron chi connectivity index (χ4n) is 1.63. The van der Waals surface area contributed by atoms with Crippen molar-refractivity contribution in [2.75, 3.05) is 0 Å². The minimum atomic E-state index is -0.526. The molecule has 1 atom stereocenters. The zero-order valence-electron chi connectivity index (χ0n) is 9.88. The highest BCUT2D eigenvalue weighted by atomic mass is 32.1. The molecule has 2 aromatic heterocycles. The maximum Gasteiger partial charge on any atom is 0.0980 e. The lowest BCUT2D eigenvalue weighted by Crippen LogP contribution is -2.03. The van der Waals surface area contributed by atoms with Gasteiger partial charge in [0.1, 0.15) is 0 Å². The molecular weight excluding hydrogens is 254 g/mol. The normalized spacial score (nSPS) is 12.9. The summed E-state index contributed by atoms with van der Waals surface area (Å²) in [4.78, 5) is 5.25. The predicted octanol–water partition coefficient (Wildman–Crippen LogP) is 2.53. The van der Waals surface area contributed by atoms with Crippen LogP contribution in [0.25, 0.3) is 0 Å². The summed E-state index contributed by atoms with van der Waals surface area (Å²) in [5, 5.41) is 17.2. The molecule has 0 radical (unpaired) electrons. The molecule has 92 valence electrons. The van der Waals surface area contributed by atoms with Crippen molar-refractivity contribution in [2.45, 2.75) is 39.2 Å². The third-order valence-corrected chi connectivity index (χ3v) is 4.27. The van der Waals surface area contributed by atoms with E-state index in [4.69, 9.17) is 0 Å². The summed E-state index contributed by atoms with van der Waals surface area (Å²) in [6.45, 7) is 4.06. The first kappa shape index (κ1) is 12.6. The van der Waals surface area contributed by atoms with Crippen molar-refractivity contribution in [3.63, 3.8) is 0 Å². The molecular formula is C11H15N3OS2. The SMILES string of the molecule is CCCc1nnsc1C(O)Cc1nc(C)cs1. The Balaban J connectivity index is 2.08. The lowest BCUT2D eigenvalue weighted by atomic mass is 10.1. The van der Waals surface area contributed by atoms with Gasteiger partial charge < -0.3 is 5.11 Å². The zero-order chi connectivity index (χ0) is 12.3. The maximum atomic E-state index is 10.2. The van der Waals surface area contributed by atoms with Gasteiger partial charge in [-0.25, -0.2) is 4.98 Å². The second-order valence-corrected chi connectivity index (χ2v) is 5.66. The highest BCUT2D eigenvalue weighted by molar-refractivity contribution is 7.09. The van der Waals surface area contributed by atoms with Crippen LogP contribution in [0.2, 0.25) is 0 Å². The summed E-state index contributed by atoms with van der Waals surface area (Å²) in [5.41, 5.74) is 1.94. The van der Waals surface area contributed by atoms with Crippen LogP contribution in [-0.4, -0.2) is 19.7 Å². The van der Waals surface area contributed by atoms with Crippen molar-refractivity contribution in [3.05, 3.63) is 26.7 Å². The van der Waals surface area contributed by atoms with E-state index in [0.29, 0.717) is 6.42 Å². The predicted molar refractivity (Wildman–Crippen MR) is 69.4 cm³/mol. The largest absolute Gasteiger partial charge is 0.387 e. The molecule has 4 nitrogen and oxygen atoms in total. The van der Waals surface area contributed by atoms with Crippen LogP contribution in [0.4, 0.5) is 0 Å². The number of thiazole rings is 1. The number of aliphatic hydroxyl groups excluding tert-OH is 1. The molecule has 0 saturated heterocycles. The van der Waals surface area contributed by atoms with Crippen LogP contribution in [0.1, 0.15) is 40.7 Å². The van der Waals surface area contributed by atoms with Crippen molar-refractivity contribution >= 4 is 22.9 Å². The Labute approximate surface area is 109 Å². The smallest absolute Gasteiger partial charge is 0.0980 e. The molecule has 0 aliphatic heterocycles. The van der Waals surface area contributed by atoms with E-state index in [1.54, 1.807) is 11.3 Å². The molecule has 0 spiro atoms. The van der Waals surface area contributed by atoms with Gasteiger partial charge in [0.15, 0.2) is 0 Å². The summed E-state index contributed by atoms with van der Waals surface area (Å²) < 4.78 is 3.92. The summed E-state index contributed by atoms with van der Waals surface area (Å²) in [6.07, 6.45) is 1.92. The van der Waals surface area contributed by atoms with E-state index < -0.39 is 6.10 Å². The monoisotopic (exact) mass is 269 g/mol. The quantitative estimate of drug-likeness (QED) is 0.906. The Bertz CT molecular complexity index is 481. The van der Waals surface area contributed by atoms with Crippen LogP contribution < -0.4 is 0 Å². The Morgan fingerprint density at radius 1 is 1.47 bits per heavy atom. The fourth-order valence-corrected chi connectivity index (χ4v) is 3.12. The third-order valence-electron chi connectivity index (χ3n) is 2.41. The molecule has 0 saturated carbocycles. The van der Waals surface area contributed by atoms with Gasteiger partial charge in [-0.15, -0.1) is 16.4 Å². The van der Waals surface area contributed by atoms with Gasteiger partial charge in [-0.05, 0) is 24.9 Å². The number of rotatable bonds is 5. The lowest BCUT2D eigenvalue weighted by Gasteiger charge is -2.07. The molecule has 2 aromatic rings. The Morgan fingerprint density at radius 2 is 2.29 bits per heavy atom. The van der Waals surface area contributed by atoms with Gasteiger partial charge in [-0.2, -0.15) is 0 Å². The van der Waals surface area contributed by atoms with Crippen LogP contribution in [0.5, 0.6) is 0 Å². The first-order chi connectivity index (χ1) is 8.20. The zero-order valence-corrected chi connectivity index (χ0v) is 11.5. The molecule has 0 aliphatic rings. The second kappa shape index (κ2) is 5.66. The fraction of sp³-hybridized carbons (Fsp3) is 0.545. The first-order valence-electron chi connectivity index (χ1n) is 5.61. The van der Waals surface area contributed by atoms with Crippen molar-refractivity contribution < 1.29 is 5.11 Å². The van der Waals surface area contributed by atoms with E-state index >= 15 is 0 Å². The van der Waals surface area contributed by atoms with Crippen LogP contribution >= 0.6 is 22.9 Å². The van der Waals surface area contributed by atoms with Gasteiger partial charge in [-0.3, -0.25) is 0 Å². The van der Waals surface area contributed by atoms with Crippen molar-refractivity contribution in [1.82, 2.24) is 14.6 Å². The van der Waals surface area contributed by atoms with Crippen LogP contribution in [0, 0.1) is 6.92 Å². The van der Waals surface area contributed by atoms with Gasteiger partial charge in [0.05, 0.1) is 21.7 Å². The number of hydrogen-bond donors (Lipinski definition) is 1. The molecule has 2 heterocycles. The van der Waals surface area contributed by atoms with E-state index in [1.807, 2.05) is 12.3 Å². The van der Waals surface area contributed by atoms with Crippen LogP contribution in [-0.2, 0) is 12.8 Å². The number of nitrogens with zero attached hydrogens (tertiary/aromatic N) is 3. The number of aromatic nitrogens is 3. The van der Waals surface area contributed by atoms with E-state index in [1.165, 1.54) is 11.5 Å². The van der Waals surface area contributed by atoms with Crippen LogP contribution in [0.15, 0.2) is 5.38 Å². The van der Waals surface area contributed by atoms with Gasteiger partial charge in [-0.1, -0.05) is 17.8 Å². The van der Waals surface area contributed by atoms with Crippen molar-refractivity contribution in [2.24, 2.45) is 0 Å². The molecule has 0 bridgehead atoms. The van der Waals surface area contributed by atoms with E-state index in [0.717, 1.165) is 34.1 Å². The van der Waals surface area contributed by atoms with E-state index in [9.17, 15) is 5.11 Å². The summed E-state index contributed by atoms with van der Waals surface area (Å²) in [7, 11) is 0. The topological polar surface area (TPSA) is 58.9 Å². The third kappa shape index (κ3) is 3.08. The Morgan fingerprint density at radius 3 is 2.94 bits per heavy atom. The number of aryl methyl sites for hydroxylation is 2. The molecule has 2 rings (SSSR count). The molecule has 1 unspecified atom stereocenters. The molecule has 1 N–H and O–H groups in total. The Kier molecular flexibility index (Phi) is 4.20. The van der Waals surface area contributed by atoms with E-state index in [2.05, 4.69) is 21.5 Å². The molecule has 0 aromatic carbocycles. The highest BCUT2D eigenvalue weighted by Gasteiger charge is 2.18. The van der Waals surface area contributed by atoms with Gasteiger partial charge in [0.2, 0.25) is 0 Å². The molecule has 0 aliphatic carbocycles. The number of hydrogen-bond acceptors (Lipinski definition) is 6. The molecule has 0 fully saturated rings. The second-order valence-electron chi connectivity index (χ2n) is 3.94. The molecule has 17 heavy (non-hydrogen) atoms. The lowest BCUT2D eigenvalue weighted by molar-refractivity contribution is 0.181. The van der Waals surface area contributed by atoms with Gasteiger partial charge in [0, 0.05) is 17.5 Å².